The van der Waals surface area contributed by atoms with E-state index >= 15 is 0 Å². The van der Waals surface area contributed by atoms with Crippen molar-refractivity contribution in [2.24, 2.45) is 0 Å². The molecule has 12 atom stereocenters. The lowest BCUT2D eigenvalue weighted by Crippen LogP contribution is -2.63. The maximum absolute atomic E-state index is 13.3. The molecule has 2 aliphatic heterocycles. The number of rotatable bonds is 25. The van der Waals surface area contributed by atoms with Crippen molar-refractivity contribution in [3.63, 3.8) is 0 Å². The zero-order chi connectivity index (χ0) is 36.3. The van der Waals surface area contributed by atoms with E-state index in [1.165, 1.54) is 32.6 Å². The summed E-state index contributed by atoms with van der Waals surface area (Å²) in [4.78, 5) is 24.8. The summed E-state index contributed by atoms with van der Waals surface area (Å²) in [7, 11) is 0. The van der Waals surface area contributed by atoms with Crippen LogP contribution in [0.3, 0.4) is 0 Å². The van der Waals surface area contributed by atoms with Gasteiger partial charge < -0.3 is 54.3 Å². The number of aliphatic hydroxyl groups is 5. The Morgan fingerprint density at radius 2 is 1.06 bits per heavy atom. The minimum atomic E-state index is -1.67. The summed E-state index contributed by atoms with van der Waals surface area (Å²) in [6, 6.07) is 0. The molecule has 2 aliphatic rings. The van der Waals surface area contributed by atoms with Gasteiger partial charge >= 0.3 is 11.9 Å². The van der Waals surface area contributed by atoms with Gasteiger partial charge in [-0.2, -0.15) is 0 Å². The van der Waals surface area contributed by atoms with Crippen LogP contribution in [-0.4, -0.2) is 116 Å². The van der Waals surface area contributed by atoms with Crippen molar-refractivity contribution in [2.45, 2.75) is 217 Å². The summed E-state index contributed by atoms with van der Waals surface area (Å²) < 4.78 is 29.3. The van der Waals surface area contributed by atoms with Crippen molar-refractivity contribution in [1.82, 2.24) is 0 Å². The van der Waals surface area contributed by atoms with E-state index < -0.39 is 85.6 Å². The summed E-state index contributed by atoms with van der Waals surface area (Å²) in [5.41, 5.74) is 0. The molecule has 0 radical (unpaired) electrons. The summed E-state index contributed by atoms with van der Waals surface area (Å²) in [5.74, 6) is -1.66. The predicted octanol–water partition coefficient (Wildman–Crippen LogP) is 4.11. The van der Waals surface area contributed by atoms with Crippen LogP contribution in [0.4, 0.5) is 0 Å². The van der Waals surface area contributed by atoms with E-state index in [2.05, 4.69) is 13.8 Å². The standard InChI is InChI=1S/C36H66O13/c1-5-7-9-11-13-14-16-17-19-25(21-27(37)38)47-28(39)22-26(20-18-15-12-10-8-6-2)48-36-34(32(43)30(41)24(4)46-36)49-35-33(44)31(42)29(40)23(3)45-35/h23-26,29-36,40-44H,5-22H2,1-4H3,(H,37,38)/t23-,24-,25?,26?,29-,30-,31+,32+,33+,34+,35-,36-/m0/s1. The van der Waals surface area contributed by atoms with Gasteiger partial charge in [-0.05, 0) is 33.1 Å². The fraction of sp³-hybridized carbons (Fsp3) is 0.944. The molecule has 13 nitrogen and oxygen atoms in total. The van der Waals surface area contributed by atoms with Gasteiger partial charge in [0.05, 0.1) is 31.2 Å². The van der Waals surface area contributed by atoms with Crippen molar-refractivity contribution < 1.29 is 63.9 Å². The molecule has 0 spiro atoms. The van der Waals surface area contributed by atoms with E-state index in [9.17, 15) is 40.2 Å². The smallest absolute Gasteiger partial charge is 0.308 e. The van der Waals surface area contributed by atoms with Gasteiger partial charge in [0.25, 0.3) is 0 Å². The first-order valence-corrected chi connectivity index (χ1v) is 18.8. The van der Waals surface area contributed by atoms with Crippen LogP contribution in [0.25, 0.3) is 0 Å². The maximum atomic E-state index is 13.3. The molecule has 0 aromatic heterocycles. The molecule has 2 fully saturated rings. The molecule has 6 N–H and O–H groups in total. The van der Waals surface area contributed by atoms with Gasteiger partial charge in [-0.15, -0.1) is 0 Å². The number of aliphatic carboxylic acids is 1. The lowest BCUT2D eigenvalue weighted by molar-refractivity contribution is -0.366. The third-order valence-electron chi connectivity index (χ3n) is 9.56. The Morgan fingerprint density at radius 1 is 0.592 bits per heavy atom. The lowest BCUT2D eigenvalue weighted by Gasteiger charge is -2.46. The number of hydrogen-bond acceptors (Lipinski definition) is 12. The third kappa shape index (κ3) is 15.8. The molecule has 2 heterocycles. The van der Waals surface area contributed by atoms with Gasteiger partial charge in [0.15, 0.2) is 12.6 Å². The number of esters is 1. The summed E-state index contributed by atoms with van der Waals surface area (Å²) in [6.45, 7) is 7.35. The Morgan fingerprint density at radius 3 is 1.59 bits per heavy atom. The highest BCUT2D eigenvalue weighted by Gasteiger charge is 2.50. The molecule has 49 heavy (non-hydrogen) atoms. The average molecular weight is 707 g/mol. The molecule has 288 valence electrons. The van der Waals surface area contributed by atoms with Crippen LogP contribution in [0.5, 0.6) is 0 Å². The van der Waals surface area contributed by atoms with E-state index in [0.717, 1.165) is 64.2 Å². The van der Waals surface area contributed by atoms with Crippen LogP contribution < -0.4 is 0 Å². The summed E-state index contributed by atoms with van der Waals surface area (Å²) in [6.07, 6.45) is -0.0149. The van der Waals surface area contributed by atoms with E-state index in [4.69, 9.17) is 23.7 Å². The Balaban J connectivity index is 2.11. The first-order valence-electron chi connectivity index (χ1n) is 18.8. The molecular weight excluding hydrogens is 640 g/mol. The minimum absolute atomic E-state index is 0.202. The van der Waals surface area contributed by atoms with E-state index in [1.807, 2.05) is 0 Å². The Labute approximate surface area is 292 Å². The topological polar surface area (TPSA) is 202 Å². The monoisotopic (exact) mass is 706 g/mol. The first kappa shape index (κ1) is 43.7. The van der Waals surface area contributed by atoms with Gasteiger partial charge in [0, 0.05) is 0 Å². The molecule has 0 aromatic rings. The van der Waals surface area contributed by atoms with Crippen LogP contribution >= 0.6 is 0 Å². The van der Waals surface area contributed by atoms with Crippen LogP contribution in [-0.2, 0) is 33.3 Å². The zero-order valence-corrected chi connectivity index (χ0v) is 30.2. The van der Waals surface area contributed by atoms with Gasteiger partial charge in [-0.1, -0.05) is 97.3 Å². The van der Waals surface area contributed by atoms with E-state index in [-0.39, 0.29) is 12.8 Å². The minimum Gasteiger partial charge on any atom is -0.481 e. The van der Waals surface area contributed by atoms with Gasteiger partial charge in [0.1, 0.15) is 42.7 Å². The highest BCUT2D eigenvalue weighted by molar-refractivity contribution is 5.72. The van der Waals surface area contributed by atoms with Crippen molar-refractivity contribution in [1.29, 1.82) is 0 Å². The van der Waals surface area contributed by atoms with Crippen LogP contribution in [0.15, 0.2) is 0 Å². The van der Waals surface area contributed by atoms with Crippen molar-refractivity contribution in [3.8, 4) is 0 Å². The largest absolute Gasteiger partial charge is 0.481 e. The second-order valence-corrected chi connectivity index (χ2v) is 14.0. The van der Waals surface area contributed by atoms with Crippen LogP contribution in [0.2, 0.25) is 0 Å². The molecule has 0 saturated carbocycles. The van der Waals surface area contributed by atoms with E-state index in [0.29, 0.717) is 12.8 Å². The SMILES string of the molecule is CCCCCCCCCCC(CC(=O)O)OC(=O)CC(CCCCCCCC)O[C@@H]1O[C@@H](C)[C@H](O)[C@@H](O)[C@H]1O[C@@H]1O[C@@H](C)[C@H](O)[C@@H](O)[C@H]1O. The van der Waals surface area contributed by atoms with Gasteiger partial charge in [-0.25, -0.2) is 0 Å². The normalized spacial score (nSPS) is 31.7. The second-order valence-electron chi connectivity index (χ2n) is 14.0. The highest BCUT2D eigenvalue weighted by atomic mass is 16.8. The number of carbonyl (C=O) groups excluding carboxylic acids is 1. The number of unbranched alkanes of at least 4 members (excludes halogenated alkanes) is 12. The summed E-state index contributed by atoms with van der Waals surface area (Å²) >= 11 is 0. The molecular formula is C36H66O13. The number of carboxylic acids is 1. The first-order chi connectivity index (χ1) is 23.4. The van der Waals surface area contributed by atoms with Crippen molar-refractivity contribution in [2.75, 3.05) is 0 Å². The molecule has 2 rings (SSSR count). The number of aliphatic hydroxyl groups excluding tert-OH is 5. The van der Waals surface area contributed by atoms with E-state index in [1.54, 1.807) is 6.92 Å². The third-order valence-corrected chi connectivity index (χ3v) is 9.56. The number of ether oxygens (including phenoxy) is 5. The molecule has 0 aromatic carbocycles. The lowest BCUT2D eigenvalue weighted by atomic mass is 9.97. The van der Waals surface area contributed by atoms with Gasteiger partial charge in [-0.3, -0.25) is 9.59 Å². The number of carboxylic acid groups (broad SMARTS) is 1. The quantitative estimate of drug-likeness (QED) is 0.0586. The molecule has 0 amide bonds. The number of carbonyl (C=O) groups is 2. The maximum Gasteiger partial charge on any atom is 0.308 e. The molecule has 2 unspecified atom stereocenters. The highest BCUT2D eigenvalue weighted by Crippen LogP contribution is 2.31. The average Bonchev–Trinajstić information content (AvgIpc) is 3.05. The second kappa shape index (κ2) is 23.9. The van der Waals surface area contributed by atoms with Crippen molar-refractivity contribution >= 4 is 11.9 Å². The molecule has 0 bridgehead atoms. The van der Waals surface area contributed by atoms with Crippen LogP contribution in [0.1, 0.15) is 143 Å². The van der Waals surface area contributed by atoms with Gasteiger partial charge in [0.2, 0.25) is 0 Å². The molecule has 2 saturated heterocycles. The molecule has 0 aliphatic carbocycles. The number of hydrogen-bond donors (Lipinski definition) is 6. The fourth-order valence-electron chi connectivity index (χ4n) is 6.42. The fourth-order valence-corrected chi connectivity index (χ4v) is 6.42. The Hall–Kier alpha value is -1.42. The Bertz CT molecular complexity index is 906. The predicted molar refractivity (Wildman–Crippen MR) is 180 cm³/mol. The van der Waals surface area contributed by atoms with Crippen molar-refractivity contribution in [3.05, 3.63) is 0 Å². The zero-order valence-electron chi connectivity index (χ0n) is 30.2. The summed E-state index contributed by atoms with van der Waals surface area (Å²) in [5, 5.41) is 62.0. The Kier molecular flexibility index (Phi) is 21.4. The van der Waals surface area contributed by atoms with Crippen LogP contribution in [0, 0.1) is 0 Å². The molecule has 13 heteroatoms.